The van der Waals surface area contributed by atoms with Gasteiger partial charge in [-0.15, -0.1) is 11.3 Å². The van der Waals surface area contributed by atoms with Gasteiger partial charge in [0.25, 0.3) is 5.91 Å². The molecule has 1 amide bonds. The number of pyridine rings is 1. The average Bonchev–Trinajstić information content (AvgIpc) is 3.36. The summed E-state index contributed by atoms with van der Waals surface area (Å²) < 4.78 is 1.59. The molecule has 1 N–H and O–H groups in total. The van der Waals surface area contributed by atoms with Gasteiger partial charge in [-0.2, -0.15) is 5.10 Å². The maximum Gasteiger partial charge on any atom is 0.262 e. The first-order valence-corrected chi connectivity index (χ1v) is 10.3. The van der Waals surface area contributed by atoms with Crippen LogP contribution in [0.3, 0.4) is 0 Å². The van der Waals surface area contributed by atoms with E-state index in [1.54, 1.807) is 11.6 Å². The third-order valence-electron chi connectivity index (χ3n) is 4.18. The van der Waals surface area contributed by atoms with E-state index in [0.29, 0.717) is 34.3 Å². The Balaban J connectivity index is 1.49. The second kappa shape index (κ2) is 8.91. The Morgan fingerprint density at radius 2 is 1.97 bits per heavy atom. The number of aromatic nitrogens is 4. The summed E-state index contributed by atoms with van der Waals surface area (Å²) >= 11 is 7.70. The first-order chi connectivity index (χ1) is 14.6. The van der Waals surface area contributed by atoms with Crippen LogP contribution in [-0.2, 0) is 6.54 Å². The molecule has 0 atom stereocenters. The molecule has 30 heavy (non-hydrogen) atoms. The van der Waals surface area contributed by atoms with Crippen LogP contribution in [0.2, 0.25) is 5.15 Å². The summed E-state index contributed by atoms with van der Waals surface area (Å²) in [5, 5.41) is 9.59. The fourth-order valence-electron chi connectivity index (χ4n) is 2.78. The maximum atomic E-state index is 12.7. The standard InChI is InChI=1S/C22H16ClN5OS/c1-2-7-16-10-6-11-18(25-16)19-14-30-22(26-19)27-21(29)17-12-24-28(20(17)23)13-15-8-4-3-5-9-15/h3-6,8-12,14H,13H2,1H3,(H,26,27,29). The molecule has 4 rings (SSSR count). The third-order valence-corrected chi connectivity index (χ3v) is 5.34. The molecule has 0 aliphatic heterocycles. The Labute approximate surface area is 182 Å². The van der Waals surface area contributed by atoms with Crippen LogP contribution in [0.1, 0.15) is 28.5 Å². The molecule has 1 aromatic carbocycles. The lowest BCUT2D eigenvalue weighted by molar-refractivity contribution is 0.102. The smallest absolute Gasteiger partial charge is 0.262 e. The van der Waals surface area contributed by atoms with Crippen LogP contribution in [0.4, 0.5) is 5.13 Å². The lowest BCUT2D eigenvalue weighted by Gasteiger charge is -2.04. The van der Waals surface area contributed by atoms with E-state index in [1.165, 1.54) is 17.5 Å². The number of benzene rings is 1. The van der Waals surface area contributed by atoms with E-state index in [1.807, 2.05) is 53.9 Å². The van der Waals surface area contributed by atoms with Crippen LogP contribution >= 0.6 is 22.9 Å². The highest BCUT2D eigenvalue weighted by Gasteiger charge is 2.18. The molecule has 3 heterocycles. The Hall–Kier alpha value is -3.47. The number of anilines is 1. The zero-order valence-electron chi connectivity index (χ0n) is 16.0. The van der Waals surface area contributed by atoms with E-state index in [2.05, 4.69) is 32.2 Å². The molecule has 0 unspecified atom stereocenters. The Bertz CT molecular complexity index is 1250. The van der Waals surface area contributed by atoms with Crippen LogP contribution in [0, 0.1) is 11.8 Å². The highest BCUT2D eigenvalue weighted by atomic mass is 35.5. The van der Waals surface area contributed by atoms with Crippen molar-refractivity contribution >= 4 is 34.0 Å². The van der Waals surface area contributed by atoms with Crippen LogP contribution in [0.5, 0.6) is 0 Å². The summed E-state index contributed by atoms with van der Waals surface area (Å²) in [7, 11) is 0. The second-order valence-electron chi connectivity index (χ2n) is 6.27. The Kier molecular flexibility index (Phi) is 5.89. The molecule has 8 heteroatoms. The van der Waals surface area contributed by atoms with Crippen LogP contribution in [-0.4, -0.2) is 25.7 Å². The SMILES string of the molecule is CC#Cc1cccc(-c2csc(NC(=O)c3cnn(Cc4ccccc4)c3Cl)n2)n1. The molecule has 0 bridgehead atoms. The molecule has 148 valence electrons. The summed E-state index contributed by atoms with van der Waals surface area (Å²) in [5.41, 5.74) is 3.37. The van der Waals surface area contributed by atoms with Gasteiger partial charge in [-0.25, -0.2) is 14.6 Å². The monoisotopic (exact) mass is 433 g/mol. The van der Waals surface area contributed by atoms with Crippen molar-refractivity contribution in [1.82, 2.24) is 19.7 Å². The molecule has 0 radical (unpaired) electrons. The molecule has 0 saturated heterocycles. The van der Waals surface area contributed by atoms with Crippen molar-refractivity contribution in [1.29, 1.82) is 0 Å². The minimum Gasteiger partial charge on any atom is -0.298 e. The molecule has 0 saturated carbocycles. The van der Waals surface area contributed by atoms with E-state index in [-0.39, 0.29) is 11.1 Å². The zero-order valence-corrected chi connectivity index (χ0v) is 17.5. The number of nitrogens with one attached hydrogen (secondary N) is 1. The molecule has 0 aliphatic carbocycles. The Morgan fingerprint density at radius 3 is 2.77 bits per heavy atom. The number of rotatable bonds is 5. The minimum atomic E-state index is -0.362. The van der Waals surface area contributed by atoms with Gasteiger partial charge in [-0.05, 0) is 30.5 Å². The lowest BCUT2D eigenvalue weighted by atomic mass is 10.2. The van der Waals surface area contributed by atoms with Gasteiger partial charge in [0, 0.05) is 5.38 Å². The van der Waals surface area contributed by atoms with Gasteiger partial charge in [0.05, 0.1) is 24.0 Å². The predicted octanol–water partition coefficient (Wildman–Crippen LogP) is 4.73. The Morgan fingerprint density at radius 1 is 1.13 bits per heavy atom. The molecule has 4 aromatic rings. The van der Waals surface area contributed by atoms with Gasteiger partial charge in [-0.3, -0.25) is 10.1 Å². The van der Waals surface area contributed by atoms with Crippen molar-refractivity contribution in [2.24, 2.45) is 0 Å². The summed E-state index contributed by atoms with van der Waals surface area (Å²) in [6, 6.07) is 15.3. The van der Waals surface area contributed by atoms with Crippen molar-refractivity contribution in [2.45, 2.75) is 13.5 Å². The fourth-order valence-corrected chi connectivity index (χ4v) is 3.72. The van der Waals surface area contributed by atoms with Crippen molar-refractivity contribution < 1.29 is 4.79 Å². The maximum absolute atomic E-state index is 12.7. The molecule has 0 spiro atoms. The summed E-state index contributed by atoms with van der Waals surface area (Å²) in [6.45, 7) is 2.25. The van der Waals surface area contributed by atoms with Crippen molar-refractivity contribution in [3.05, 3.63) is 82.1 Å². The lowest BCUT2D eigenvalue weighted by Crippen LogP contribution is -2.12. The largest absolute Gasteiger partial charge is 0.298 e. The van der Waals surface area contributed by atoms with E-state index >= 15 is 0 Å². The molecular formula is C22H16ClN5OS. The van der Waals surface area contributed by atoms with Gasteiger partial charge >= 0.3 is 0 Å². The summed E-state index contributed by atoms with van der Waals surface area (Å²) in [4.78, 5) is 21.6. The molecule has 0 aliphatic rings. The number of nitrogens with zero attached hydrogens (tertiary/aromatic N) is 4. The topological polar surface area (TPSA) is 72.7 Å². The molecule has 0 fully saturated rings. The highest BCUT2D eigenvalue weighted by molar-refractivity contribution is 7.14. The van der Waals surface area contributed by atoms with Crippen molar-refractivity contribution in [3.8, 4) is 23.2 Å². The number of carbonyl (C=O) groups excluding carboxylic acids is 1. The van der Waals surface area contributed by atoms with Gasteiger partial charge in [0.1, 0.15) is 16.5 Å². The van der Waals surface area contributed by atoms with Crippen LogP contribution < -0.4 is 5.32 Å². The van der Waals surface area contributed by atoms with E-state index < -0.39 is 0 Å². The van der Waals surface area contributed by atoms with E-state index in [4.69, 9.17) is 11.6 Å². The van der Waals surface area contributed by atoms with Crippen molar-refractivity contribution in [3.63, 3.8) is 0 Å². The zero-order chi connectivity index (χ0) is 20.9. The van der Waals surface area contributed by atoms with Crippen LogP contribution in [0.25, 0.3) is 11.4 Å². The first-order valence-electron chi connectivity index (χ1n) is 9.06. The van der Waals surface area contributed by atoms with Crippen LogP contribution in [0.15, 0.2) is 60.1 Å². The second-order valence-corrected chi connectivity index (χ2v) is 7.48. The third kappa shape index (κ3) is 4.40. The van der Waals surface area contributed by atoms with E-state index in [0.717, 1.165) is 5.56 Å². The predicted molar refractivity (Wildman–Crippen MR) is 119 cm³/mol. The molecule has 3 aromatic heterocycles. The minimum absolute atomic E-state index is 0.278. The first kappa shape index (κ1) is 19.8. The van der Waals surface area contributed by atoms with Gasteiger partial charge in [0.15, 0.2) is 5.13 Å². The molecule has 6 nitrogen and oxygen atoms in total. The van der Waals surface area contributed by atoms with Gasteiger partial charge < -0.3 is 0 Å². The number of halogens is 1. The average molecular weight is 434 g/mol. The highest BCUT2D eigenvalue weighted by Crippen LogP contribution is 2.25. The molecular weight excluding hydrogens is 418 g/mol. The number of hydrogen-bond acceptors (Lipinski definition) is 5. The van der Waals surface area contributed by atoms with Crippen molar-refractivity contribution in [2.75, 3.05) is 5.32 Å². The fraction of sp³-hybridized carbons (Fsp3) is 0.0909. The number of thiazole rings is 1. The number of hydrogen-bond donors (Lipinski definition) is 1. The quantitative estimate of drug-likeness (QED) is 0.462. The van der Waals surface area contributed by atoms with Gasteiger partial charge in [0.2, 0.25) is 0 Å². The van der Waals surface area contributed by atoms with E-state index in [9.17, 15) is 4.79 Å². The summed E-state index contributed by atoms with van der Waals surface area (Å²) in [6.07, 6.45) is 1.46. The summed E-state index contributed by atoms with van der Waals surface area (Å²) in [5.74, 6) is 5.39. The normalized spacial score (nSPS) is 10.3. The van der Waals surface area contributed by atoms with Gasteiger partial charge in [-0.1, -0.05) is 53.9 Å². The number of carbonyl (C=O) groups is 1. The number of amides is 1.